The minimum atomic E-state index is -0.500. The van der Waals surface area contributed by atoms with Crippen molar-refractivity contribution in [2.24, 2.45) is 0 Å². The molecule has 7 nitrogen and oxygen atoms in total. The maximum absolute atomic E-state index is 12.7. The highest BCUT2D eigenvalue weighted by Gasteiger charge is 2.14. The molecule has 0 fully saturated rings. The quantitative estimate of drug-likeness (QED) is 0.377. The minimum Gasteiger partial charge on any atom is -0.457 e. The third-order valence-corrected chi connectivity index (χ3v) is 3.93. The summed E-state index contributed by atoms with van der Waals surface area (Å²) in [6.45, 7) is 1.45. The van der Waals surface area contributed by atoms with Gasteiger partial charge in [-0.05, 0) is 43.3 Å². The second-order valence-corrected chi connectivity index (χ2v) is 5.94. The lowest BCUT2D eigenvalue weighted by molar-refractivity contribution is -0.384. The third kappa shape index (κ3) is 4.39. The predicted molar refractivity (Wildman–Crippen MR) is 104 cm³/mol. The fraction of sp³-hybridized carbons (Fsp3) is 0.0476. The number of ether oxygens (including phenoxy) is 1. The number of hydrogen-bond donors (Lipinski definition) is 1. The van der Waals surface area contributed by atoms with E-state index in [0.29, 0.717) is 22.7 Å². The van der Waals surface area contributed by atoms with Gasteiger partial charge >= 0.3 is 0 Å². The van der Waals surface area contributed by atoms with Gasteiger partial charge in [0.1, 0.15) is 11.5 Å². The van der Waals surface area contributed by atoms with E-state index in [1.165, 1.54) is 31.2 Å². The Hall–Kier alpha value is -4.00. The number of amides is 1. The summed E-state index contributed by atoms with van der Waals surface area (Å²) in [5.41, 5.74) is 1.22. The Bertz CT molecular complexity index is 1040. The van der Waals surface area contributed by atoms with Crippen molar-refractivity contribution in [2.45, 2.75) is 6.92 Å². The number of hydrogen-bond acceptors (Lipinski definition) is 5. The van der Waals surface area contributed by atoms with Crippen molar-refractivity contribution in [2.75, 3.05) is 5.32 Å². The van der Waals surface area contributed by atoms with Gasteiger partial charge in [0.15, 0.2) is 5.78 Å². The summed E-state index contributed by atoms with van der Waals surface area (Å²) in [5.74, 6) is 0.164. The van der Waals surface area contributed by atoms with Gasteiger partial charge in [0.05, 0.1) is 10.5 Å². The molecule has 0 saturated heterocycles. The normalized spacial score (nSPS) is 10.2. The summed E-state index contributed by atoms with van der Waals surface area (Å²) in [6.07, 6.45) is 0. The first kappa shape index (κ1) is 18.8. The van der Waals surface area contributed by atoms with Gasteiger partial charge in [-0.15, -0.1) is 0 Å². The number of carbonyl (C=O) groups is 2. The van der Waals surface area contributed by atoms with Crippen LogP contribution in [0.15, 0.2) is 72.8 Å². The molecule has 3 aromatic carbocycles. The van der Waals surface area contributed by atoms with Crippen LogP contribution in [0, 0.1) is 10.1 Å². The average molecular weight is 376 g/mol. The van der Waals surface area contributed by atoms with E-state index in [1.807, 2.05) is 0 Å². The van der Waals surface area contributed by atoms with Crippen LogP contribution < -0.4 is 10.1 Å². The number of non-ortho nitro benzene ring substituents is 1. The number of anilines is 1. The van der Waals surface area contributed by atoms with Crippen LogP contribution in [0.2, 0.25) is 0 Å². The molecule has 1 N–H and O–H groups in total. The van der Waals surface area contributed by atoms with E-state index in [4.69, 9.17) is 4.74 Å². The van der Waals surface area contributed by atoms with E-state index in [1.54, 1.807) is 48.5 Å². The monoisotopic (exact) mass is 376 g/mol. The van der Waals surface area contributed by atoms with Crippen LogP contribution in [-0.4, -0.2) is 16.6 Å². The number of para-hydroxylation sites is 1. The zero-order chi connectivity index (χ0) is 20.1. The smallest absolute Gasteiger partial charge is 0.269 e. The summed E-state index contributed by atoms with van der Waals surface area (Å²) < 4.78 is 5.73. The molecule has 140 valence electrons. The van der Waals surface area contributed by atoms with Gasteiger partial charge in [-0.25, -0.2) is 0 Å². The third-order valence-electron chi connectivity index (χ3n) is 3.93. The molecule has 0 spiro atoms. The minimum absolute atomic E-state index is 0.0521. The second-order valence-electron chi connectivity index (χ2n) is 5.94. The number of rotatable bonds is 6. The van der Waals surface area contributed by atoms with Crippen LogP contribution in [0.5, 0.6) is 11.5 Å². The summed E-state index contributed by atoms with van der Waals surface area (Å²) in [5, 5.41) is 13.5. The molecule has 3 aromatic rings. The Morgan fingerprint density at radius 2 is 1.68 bits per heavy atom. The molecule has 0 saturated carbocycles. The summed E-state index contributed by atoms with van der Waals surface area (Å²) in [7, 11) is 0. The summed E-state index contributed by atoms with van der Waals surface area (Å²) in [6, 6.07) is 18.9. The van der Waals surface area contributed by atoms with Gasteiger partial charge in [0, 0.05) is 23.4 Å². The van der Waals surface area contributed by atoms with Gasteiger partial charge in [-0.1, -0.05) is 24.3 Å². The first-order valence-electron chi connectivity index (χ1n) is 8.38. The van der Waals surface area contributed by atoms with E-state index in [9.17, 15) is 19.7 Å². The molecule has 0 bridgehead atoms. The van der Waals surface area contributed by atoms with Crippen LogP contribution in [0.4, 0.5) is 11.4 Å². The highest BCUT2D eigenvalue weighted by molar-refractivity contribution is 6.06. The number of Topliss-reactive ketones (excluding diaryl/α,β-unsaturated/α-hetero) is 1. The molecule has 1 amide bonds. The molecule has 0 aromatic heterocycles. The maximum atomic E-state index is 12.7. The van der Waals surface area contributed by atoms with E-state index in [2.05, 4.69) is 5.32 Å². The van der Waals surface area contributed by atoms with E-state index >= 15 is 0 Å². The molecular weight excluding hydrogens is 360 g/mol. The largest absolute Gasteiger partial charge is 0.457 e. The Balaban J connectivity index is 1.81. The van der Waals surface area contributed by atoms with Gasteiger partial charge in [0.2, 0.25) is 0 Å². The van der Waals surface area contributed by atoms with Crippen LogP contribution in [0.25, 0.3) is 0 Å². The number of ketones is 1. The number of benzene rings is 3. The number of nitrogens with one attached hydrogen (secondary N) is 1. The molecule has 0 aliphatic rings. The fourth-order valence-electron chi connectivity index (χ4n) is 2.52. The van der Waals surface area contributed by atoms with Crippen molar-refractivity contribution >= 4 is 23.1 Å². The molecule has 28 heavy (non-hydrogen) atoms. The van der Waals surface area contributed by atoms with E-state index in [0.717, 1.165) is 0 Å². The topological polar surface area (TPSA) is 98.5 Å². The average Bonchev–Trinajstić information content (AvgIpc) is 2.69. The van der Waals surface area contributed by atoms with Crippen LogP contribution in [-0.2, 0) is 0 Å². The Kier molecular flexibility index (Phi) is 5.45. The van der Waals surface area contributed by atoms with E-state index < -0.39 is 10.8 Å². The van der Waals surface area contributed by atoms with Crippen LogP contribution >= 0.6 is 0 Å². The molecule has 7 heteroatoms. The molecule has 0 aliphatic heterocycles. The molecule has 3 rings (SSSR count). The number of nitrogens with zero attached hydrogens (tertiary/aromatic N) is 1. The van der Waals surface area contributed by atoms with Gasteiger partial charge in [0.25, 0.3) is 11.6 Å². The molecule has 0 aliphatic carbocycles. The highest BCUT2D eigenvalue weighted by Crippen LogP contribution is 2.27. The van der Waals surface area contributed by atoms with Gasteiger partial charge < -0.3 is 10.1 Å². The van der Waals surface area contributed by atoms with Crippen molar-refractivity contribution < 1.29 is 19.2 Å². The molecule has 0 atom stereocenters. The molecule has 0 radical (unpaired) electrons. The molecule has 0 unspecified atom stereocenters. The summed E-state index contributed by atoms with van der Waals surface area (Å²) in [4.78, 5) is 34.4. The standard InChI is InChI=1S/C21H16N2O5/c1-14(24)15-5-4-6-16(13-15)22-21(25)19-7-2-3-8-20(19)28-18-11-9-17(10-12-18)23(26)27/h2-13H,1H3,(H,22,25). The first-order chi connectivity index (χ1) is 13.4. The van der Waals surface area contributed by atoms with Crippen LogP contribution in [0.3, 0.4) is 0 Å². The second kappa shape index (κ2) is 8.13. The Labute approximate surface area is 160 Å². The highest BCUT2D eigenvalue weighted by atomic mass is 16.6. The number of carbonyl (C=O) groups excluding carboxylic acids is 2. The lowest BCUT2D eigenvalue weighted by Gasteiger charge is -2.12. The molecule has 0 heterocycles. The number of nitro groups is 1. The number of nitro benzene ring substituents is 1. The van der Waals surface area contributed by atoms with Gasteiger partial charge in [-0.3, -0.25) is 19.7 Å². The zero-order valence-corrected chi connectivity index (χ0v) is 14.9. The zero-order valence-electron chi connectivity index (χ0n) is 14.9. The van der Waals surface area contributed by atoms with Crippen molar-refractivity contribution in [3.8, 4) is 11.5 Å². The fourth-order valence-corrected chi connectivity index (χ4v) is 2.52. The lowest BCUT2D eigenvalue weighted by atomic mass is 10.1. The van der Waals surface area contributed by atoms with Crippen molar-refractivity contribution in [3.05, 3.63) is 94.0 Å². The molecular formula is C21H16N2O5. The predicted octanol–water partition coefficient (Wildman–Crippen LogP) is 4.84. The lowest BCUT2D eigenvalue weighted by Crippen LogP contribution is -2.13. The Morgan fingerprint density at radius 3 is 2.36 bits per heavy atom. The van der Waals surface area contributed by atoms with Crippen molar-refractivity contribution in [1.82, 2.24) is 0 Å². The Morgan fingerprint density at radius 1 is 0.964 bits per heavy atom. The summed E-state index contributed by atoms with van der Waals surface area (Å²) >= 11 is 0. The van der Waals surface area contributed by atoms with Crippen molar-refractivity contribution in [1.29, 1.82) is 0 Å². The van der Waals surface area contributed by atoms with Crippen LogP contribution in [0.1, 0.15) is 27.6 Å². The SMILES string of the molecule is CC(=O)c1cccc(NC(=O)c2ccccc2Oc2ccc([N+](=O)[O-])cc2)c1. The van der Waals surface area contributed by atoms with Crippen molar-refractivity contribution in [3.63, 3.8) is 0 Å². The first-order valence-corrected chi connectivity index (χ1v) is 8.38. The van der Waals surface area contributed by atoms with E-state index in [-0.39, 0.29) is 17.0 Å². The van der Waals surface area contributed by atoms with Gasteiger partial charge in [-0.2, -0.15) is 0 Å². The maximum Gasteiger partial charge on any atom is 0.269 e.